The van der Waals surface area contributed by atoms with Crippen LogP contribution in [-0.2, 0) is 16.4 Å². The number of rotatable bonds is 5. The van der Waals surface area contributed by atoms with Gasteiger partial charge in [0.1, 0.15) is 0 Å². The number of hydrogen-bond acceptors (Lipinski definition) is 3. The van der Waals surface area contributed by atoms with Gasteiger partial charge >= 0.3 is 0 Å². The van der Waals surface area contributed by atoms with Gasteiger partial charge in [-0.25, -0.2) is 13.6 Å². The first-order valence-corrected chi connectivity index (χ1v) is 6.32. The van der Waals surface area contributed by atoms with Gasteiger partial charge in [-0.2, -0.15) is 0 Å². The van der Waals surface area contributed by atoms with Crippen molar-refractivity contribution in [1.82, 2.24) is 0 Å². The summed E-state index contributed by atoms with van der Waals surface area (Å²) in [6, 6.07) is 6.68. The van der Waals surface area contributed by atoms with E-state index in [0.717, 1.165) is 6.42 Å². The number of aliphatic hydroxyl groups is 1. The summed E-state index contributed by atoms with van der Waals surface area (Å²) in [6.45, 7) is 0.123. The Morgan fingerprint density at radius 2 is 1.87 bits per heavy atom. The van der Waals surface area contributed by atoms with Crippen LogP contribution in [0.3, 0.4) is 0 Å². The van der Waals surface area contributed by atoms with Crippen LogP contribution in [-0.4, -0.2) is 20.1 Å². The SMILES string of the molecule is NS(=O)(=O)c1ccccc1CCCCO. The van der Waals surface area contributed by atoms with Crippen LogP contribution in [0.4, 0.5) is 0 Å². The van der Waals surface area contributed by atoms with Gasteiger partial charge in [0.05, 0.1) is 4.90 Å². The molecule has 0 saturated carbocycles. The van der Waals surface area contributed by atoms with Gasteiger partial charge in [-0.3, -0.25) is 0 Å². The molecule has 0 heterocycles. The minimum absolute atomic E-state index is 0.123. The molecular formula is C10H15NO3S. The number of unbranched alkanes of at least 4 members (excludes halogenated alkanes) is 1. The summed E-state index contributed by atoms with van der Waals surface area (Å²) in [4.78, 5) is 0.183. The van der Waals surface area contributed by atoms with E-state index >= 15 is 0 Å². The molecule has 15 heavy (non-hydrogen) atoms. The summed E-state index contributed by atoms with van der Waals surface area (Å²) >= 11 is 0. The molecule has 0 aliphatic rings. The molecule has 1 aromatic carbocycles. The third-order valence-electron chi connectivity index (χ3n) is 2.13. The Bertz CT molecular complexity index is 414. The maximum Gasteiger partial charge on any atom is 0.238 e. The highest BCUT2D eigenvalue weighted by molar-refractivity contribution is 7.89. The van der Waals surface area contributed by atoms with E-state index in [0.29, 0.717) is 18.4 Å². The number of aliphatic hydroxyl groups excluding tert-OH is 1. The van der Waals surface area contributed by atoms with Crippen molar-refractivity contribution < 1.29 is 13.5 Å². The quantitative estimate of drug-likeness (QED) is 0.727. The fourth-order valence-electron chi connectivity index (χ4n) is 1.42. The fraction of sp³-hybridized carbons (Fsp3) is 0.400. The van der Waals surface area contributed by atoms with Gasteiger partial charge in [0, 0.05) is 6.61 Å². The van der Waals surface area contributed by atoms with Crippen molar-refractivity contribution in [2.24, 2.45) is 5.14 Å². The number of hydrogen-bond donors (Lipinski definition) is 2. The first-order chi connectivity index (χ1) is 7.05. The number of primary sulfonamides is 1. The number of sulfonamides is 1. The molecule has 0 bridgehead atoms. The van der Waals surface area contributed by atoms with E-state index in [-0.39, 0.29) is 11.5 Å². The lowest BCUT2D eigenvalue weighted by molar-refractivity contribution is 0.284. The fourth-order valence-corrected chi connectivity index (χ4v) is 2.22. The van der Waals surface area contributed by atoms with E-state index in [2.05, 4.69) is 0 Å². The number of nitrogens with two attached hydrogens (primary N) is 1. The third kappa shape index (κ3) is 3.62. The zero-order valence-electron chi connectivity index (χ0n) is 8.39. The van der Waals surface area contributed by atoms with Crippen LogP contribution in [0, 0.1) is 0 Å². The average Bonchev–Trinajstić information content (AvgIpc) is 2.17. The normalized spacial score (nSPS) is 11.6. The second-order valence-corrected chi connectivity index (χ2v) is 4.86. The summed E-state index contributed by atoms with van der Waals surface area (Å²) in [6.07, 6.45) is 2.04. The summed E-state index contributed by atoms with van der Waals surface area (Å²) in [5, 5.41) is 13.7. The van der Waals surface area contributed by atoms with Crippen molar-refractivity contribution in [2.45, 2.75) is 24.2 Å². The topological polar surface area (TPSA) is 80.4 Å². The summed E-state index contributed by atoms with van der Waals surface area (Å²) in [7, 11) is -3.63. The molecule has 84 valence electrons. The Labute approximate surface area is 89.8 Å². The molecule has 1 aromatic rings. The van der Waals surface area contributed by atoms with Crippen LogP contribution in [0.15, 0.2) is 29.2 Å². The minimum Gasteiger partial charge on any atom is -0.396 e. The van der Waals surface area contributed by atoms with Gasteiger partial charge in [0.2, 0.25) is 10.0 Å². The van der Waals surface area contributed by atoms with Crippen LogP contribution < -0.4 is 5.14 Å². The number of aryl methyl sites for hydroxylation is 1. The minimum atomic E-state index is -3.63. The molecule has 0 atom stereocenters. The van der Waals surface area contributed by atoms with E-state index in [1.807, 2.05) is 0 Å². The van der Waals surface area contributed by atoms with Crippen LogP contribution in [0.25, 0.3) is 0 Å². The predicted octanol–water partition coefficient (Wildman–Crippen LogP) is 0.649. The van der Waals surface area contributed by atoms with E-state index in [1.54, 1.807) is 18.2 Å². The molecule has 0 saturated heterocycles. The summed E-state index contributed by atoms with van der Waals surface area (Å²) in [5.41, 5.74) is 0.716. The van der Waals surface area contributed by atoms with Crippen molar-refractivity contribution in [3.63, 3.8) is 0 Å². The highest BCUT2D eigenvalue weighted by atomic mass is 32.2. The largest absolute Gasteiger partial charge is 0.396 e. The third-order valence-corrected chi connectivity index (χ3v) is 3.14. The maximum atomic E-state index is 11.2. The molecule has 0 radical (unpaired) electrons. The highest BCUT2D eigenvalue weighted by Crippen LogP contribution is 2.15. The molecule has 0 spiro atoms. The van der Waals surface area contributed by atoms with Crippen molar-refractivity contribution >= 4 is 10.0 Å². The highest BCUT2D eigenvalue weighted by Gasteiger charge is 2.12. The average molecular weight is 229 g/mol. The van der Waals surface area contributed by atoms with Gasteiger partial charge in [-0.15, -0.1) is 0 Å². The summed E-state index contributed by atoms with van der Waals surface area (Å²) < 4.78 is 22.4. The van der Waals surface area contributed by atoms with Crippen LogP contribution >= 0.6 is 0 Å². The lowest BCUT2D eigenvalue weighted by Crippen LogP contribution is -2.14. The van der Waals surface area contributed by atoms with Crippen LogP contribution in [0.1, 0.15) is 18.4 Å². The lowest BCUT2D eigenvalue weighted by Gasteiger charge is -2.06. The molecule has 0 amide bonds. The Morgan fingerprint density at radius 1 is 1.20 bits per heavy atom. The van der Waals surface area contributed by atoms with E-state index in [1.165, 1.54) is 6.07 Å². The molecule has 0 aliphatic heterocycles. The van der Waals surface area contributed by atoms with E-state index in [4.69, 9.17) is 10.2 Å². The van der Waals surface area contributed by atoms with Crippen molar-refractivity contribution in [2.75, 3.05) is 6.61 Å². The van der Waals surface area contributed by atoms with Crippen molar-refractivity contribution in [3.8, 4) is 0 Å². The van der Waals surface area contributed by atoms with Crippen LogP contribution in [0.2, 0.25) is 0 Å². The molecule has 3 N–H and O–H groups in total. The Balaban J connectivity index is 2.88. The van der Waals surface area contributed by atoms with Crippen molar-refractivity contribution in [3.05, 3.63) is 29.8 Å². The summed E-state index contributed by atoms with van der Waals surface area (Å²) in [5.74, 6) is 0. The Hall–Kier alpha value is -0.910. The first-order valence-electron chi connectivity index (χ1n) is 4.77. The van der Waals surface area contributed by atoms with Gasteiger partial charge in [-0.05, 0) is 30.9 Å². The molecule has 0 aliphatic carbocycles. The smallest absolute Gasteiger partial charge is 0.238 e. The zero-order chi connectivity index (χ0) is 11.3. The van der Waals surface area contributed by atoms with E-state index < -0.39 is 10.0 Å². The molecule has 5 heteroatoms. The van der Waals surface area contributed by atoms with Gasteiger partial charge < -0.3 is 5.11 Å². The van der Waals surface area contributed by atoms with Gasteiger partial charge in [0.25, 0.3) is 0 Å². The number of benzene rings is 1. The molecule has 0 unspecified atom stereocenters. The molecule has 0 aromatic heterocycles. The van der Waals surface area contributed by atoms with Crippen LogP contribution in [0.5, 0.6) is 0 Å². The second kappa shape index (κ2) is 5.25. The van der Waals surface area contributed by atoms with Crippen molar-refractivity contribution in [1.29, 1.82) is 0 Å². The monoisotopic (exact) mass is 229 g/mol. The molecule has 0 fully saturated rings. The van der Waals surface area contributed by atoms with Gasteiger partial charge in [-0.1, -0.05) is 18.2 Å². The Kier molecular flexibility index (Phi) is 4.26. The second-order valence-electron chi connectivity index (χ2n) is 3.33. The van der Waals surface area contributed by atoms with Gasteiger partial charge in [0.15, 0.2) is 0 Å². The standard InChI is InChI=1S/C10H15NO3S/c11-15(13,14)10-7-2-1-5-9(10)6-3-4-8-12/h1-2,5,7,12H,3-4,6,8H2,(H2,11,13,14). The molecule has 4 nitrogen and oxygen atoms in total. The first kappa shape index (κ1) is 12.2. The zero-order valence-corrected chi connectivity index (χ0v) is 9.20. The predicted molar refractivity (Wildman–Crippen MR) is 57.8 cm³/mol. The molecular weight excluding hydrogens is 214 g/mol. The molecule has 1 rings (SSSR count). The maximum absolute atomic E-state index is 11.2. The van der Waals surface area contributed by atoms with E-state index in [9.17, 15) is 8.42 Å². The Morgan fingerprint density at radius 3 is 2.47 bits per heavy atom. The lowest BCUT2D eigenvalue weighted by atomic mass is 10.1.